The van der Waals surface area contributed by atoms with Crippen LogP contribution in [0.15, 0.2) is 24.3 Å². The van der Waals surface area contributed by atoms with Crippen molar-refractivity contribution < 1.29 is 14.3 Å². The van der Waals surface area contributed by atoms with Crippen LogP contribution in [0, 0.1) is 0 Å². The lowest BCUT2D eigenvalue weighted by atomic mass is 10.0. The van der Waals surface area contributed by atoms with Gasteiger partial charge in [0.25, 0.3) is 5.91 Å². The number of hydrogen-bond acceptors (Lipinski definition) is 3. The highest BCUT2D eigenvalue weighted by Crippen LogP contribution is 2.13. The Morgan fingerprint density at radius 1 is 0.727 bits per heavy atom. The third-order valence-corrected chi connectivity index (χ3v) is 6.23. The molecule has 1 rings (SSSR count). The van der Waals surface area contributed by atoms with Gasteiger partial charge in [0.1, 0.15) is 6.04 Å². The van der Waals surface area contributed by atoms with Gasteiger partial charge in [-0.15, -0.1) is 0 Å². The van der Waals surface area contributed by atoms with Crippen LogP contribution in [0.25, 0.3) is 0 Å². The molecule has 0 radical (unpaired) electrons. The molecule has 0 aliphatic carbocycles. The van der Waals surface area contributed by atoms with Crippen molar-refractivity contribution in [3.8, 4) is 0 Å². The van der Waals surface area contributed by atoms with Gasteiger partial charge in [0.15, 0.2) is 0 Å². The largest absolute Gasteiger partial charge is 0.464 e. The predicted molar refractivity (Wildman–Crippen MR) is 139 cm³/mol. The van der Waals surface area contributed by atoms with Crippen molar-refractivity contribution in [2.75, 3.05) is 6.61 Å². The van der Waals surface area contributed by atoms with Gasteiger partial charge < -0.3 is 10.1 Å². The standard InChI is InChI=1S/C29H49NO3/c1-4-6-8-9-10-11-12-13-14-15-16-17-18-24-33-29(32)25(3)30-28(31)27-22-20-26(21-23-27)19-7-5-2/h20-23,25H,4-19,24H2,1-3H3,(H,30,31)/t25-/m0/s1. The van der Waals surface area contributed by atoms with E-state index in [9.17, 15) is 9.59 Å². The zero-order valence-corrected chi connectivity index (χ0v) is 21.6. The maximum absolute atomic E-state index is 12.4. The molecule has 4 nitrogen and oxygen atoms in total. The summed E-state index contributed by atoms with van der Waals surface area (Å²) >= 11 is 0. The highest BCUT2D eigenvalue weighted by Gasteiger charge is 2.17. The number of unbranched alkanes of at least 4 members (excludes halogenated alkanes) is 13. The minimum absolute atomic E-state index is 0.234. The van der Waals surface area contributed by atoms with Crippen LogP contribution >= 0.6 is 0 Å². The van der Waals surface area contributed by atoms with Gasteiger partial charge in [-0.3, -0.25) is 4.79 Å². The fourth-order valence-corrected chi connectivity index (χ4v) is 3.96. The van der Waals surface area contributed by atoms with E-state index in [1.165, 1.54) is 76.2 Å². The molecule has 1 amide bonds. The average Bonchev–Trinajstić information content (AvgIpc) is 2.83. The number of ether oxygens (including phenoxy) is 1. The predicted octanol–water partition coefficient (Wildman–Crippen LogP) is 7.78. The van der Waals surface area contributed by atoms with Crippen molar-refractivity contribution >= 4 is 11.9 Å². The number of esters is 1. The molecule has 0 saturated heterocycles. The monoisotopic (exact) mass is 459 g/mol. The molecule has 0 spiro atoms. The van der Waals surface area contributed by atoms with Crippen molar-refractivity contribution in [1.29, 1.82) is 0 Å². The smallest absolute Gasteiger partial charge is 0.328 e. The molecule has 1 aromatic rings. The molecule has 0 fully saturated rings. The van der Waals surface area contributed by atoms with E-state index in [0.29, 0.717) is 12.2 Å². The Labute approximate surface area is 203 Å². The molecule has 0 heterocycles. The van der Waals surface area contributed by atoms with Crippen LogP contribution in [0.2, 0.25) is 0 Å². The number of amides is 1. The molecule has 0 bridgehead atoms. The van der Waals surface area contributed by atoms with Crippen molar-refractivity contribution in [2.45, 2.75) is 130 Å². The number of rotatable bonds is 20. The van der Waals surface area contributed by atoms with Gasteiger partial charge in [0.05, 0.1) is 6.61 Å². The number of carbonyl (C=O) groups is 2. The molecule has 0 aliphatic rings. The third-order valence-electron chi connectivity index (χ3n) is 6.23. The summed E-state index contributed by atoms with van der Waals surface area (Å²) in [4.78, 5) is 24.5. The first-order chi connectivity index (χ1) is 16.1. The van der Waals surface area contributed by atoms with E-state index in [0.717, 1.165) is 32.1 Å². The van der Waals surface area contributed by atoms with E-state index in [2.05, 4.69) is 19.2 Å². The van der Waals surface area contributed by atoms with E-state index < -0.39 is 6.04 Å². The minimum atomic E-state index is -0.640. The quantitative estimate of drug-likeness (QED) is 0.160. The lowest BCUT2D eigenvalue weighted by Gasteiger charge is -2.13. The summed E-state index contributed by atoms with van der Waals surface area (Å²) in [5.41, 5.74) is 1.81. The lowest BCUT2D eigenvalue weighted by Crippen LogP contribution is -2.39. The number of hydrogen-bond donors (Lipinski definition) is 1. The first-order valence-electron chi connectivity index (χ1n) is 13.6. The summed E-state index contributed by atoms with van der Waals surface area (Å²) < 4.78 is 5.35. The van der Waals surface area contributed by atoms with Crippen molar-refractivity contribution in [2.24, 2.45) is 0 Å². The first kappa shape index (κ1) is 29.2. The van der Waals surface area contributed by atoms with E-state index in [1.54, 1.807) is 6.92 Å². The third kappa shape index (κ3) is 14.8. The molecular weight excluding hydrogens is 410 g/mol. The van der Waals surface area contributed by atoms with Gasteiger partial charge in [-0.1, -0.05) is 109 Å². The number of nitrogens with one attached hydrogen (secondary N) is 1. The van der Waals surface area contributed by atoms with E-state index in [1.807, 2.05) is 24.3 Å². The number of carbonyl (C=O) groups excluding carboxylic acids is 2. The van der Waals surface area contributed by atoms with Gasteiger partial charge in [0.2, 0.25) is 0 Å². The van der Waals surface area contributed by atoms with Crippen molar-refractivity contribution in [3.05, 3.63) is 35.4 Å². The zero-order valence-electron chi connectivity index (χ0n) is 21.6. The molecule has 0 aromatic heterocycles. The number of aryl methyl sites for hydroxylation is 1. The molecule has 1 atom stereocenters. The Kier molecular flexibility index (Phi) is 17.4. The Hall–Kier alpha value is -1.84. The number of benzene rings is 1. The molecule has 0 aliphatic heterocycles. The van der Waals surface area contributed by atoms with Crippen LogP contribution in [-0.4, -0.2) is 24.5 Å². The molecule has 188 valence electrons. The second-order valence-corrected chi connectivity index (χ2v) is 9.41. The second-order valence-electron chi connectivity index (χ2n) is 9.41. The van der Waals surface area contributed by atoms with Crippen LogP contribution < -0.4 is 5.32 Å². The van der Waals surface area contributed by atoms with Gasteiger partial charge in [-0.2, -0.15) is 0 Å². The molecule has 0 saturated carbocycles. The van der Waals surface area contributed by atoms with Crippen LogP contribution in [0.4, 0.5) is 0 Å². The summed E-state index contributed by atoms with van der Waals surface area (Å²) in [6.45, 7) is 6.55. The molecule has 1 aromatic carbocycles. The molecular formula is C29H49NO3. The highest BCUT2D eigenvalue weighted by atomic mass is 16.5. The van der Waals surface area contributed by atoms with Crippen LogP contribution in [-0.2, 0) is 16.0 Å². The summed E-state index contributed by atoms with van der Waals surface area (Å²) in [6.07, 6.45) is 20.1. The van der Waals surface area contributed by atoms with Crippen molar-refractivity contribution in [1.82, 2.24) is 5.32 Å². The van der Waals surface area contributed by atoms with Crippen LogP contribution in [0.5, 0.6) is 0 Å². The van der Waals surface area contributed by atoms with E-state index >= 15 is 0 Å². The molecule has 4 heteroatoms. The second kappa shape index (κ2) is 19.6. The fourth-order valence-electron chi connectivity index (χ4n) is 3.96. The van der Waals surface area contributed by atoms with E-state index in [-0.39, 0.29) is 11.9 Å². The Balaban J connectivity index is 2.03. The summed E-state index contributed by atoms with van der Waals surface area (Å²) in [5.74, 6) is -0.593. The van der Waals surface area contributed by atoms with Gasteiger partial charge in [-0.05, 0) is 43.9 Å². The molecule has 33 heavy (non-hydrogen) atoms. The Morgan fingerprint density at radius 2 is 1.21 bits per heavy atom. The molecule has 0 unspecified atom stereocenters. The van der Waals surface area contributed by atoms with Gasteiger partial charge in [-0.25, -0.2) is 4.79 Å². The molecule has 1 N–H and O–H groups in total. The highest BCUT2D eigenvalue weighted by molar-refractivity contribution is 5.96. The zero-order chi connectivity index (χ0) is 24.2. The van der Waals surface area contributed by atoms with Crippen LogP contribution in [0.3, 0.4) is 0 Å². The van der Waals surface area contributed by atoms with Gasteiger partial charge in [0, 0.05) is 5.56 Å². The lowest BCUT2D eigenvalue weighted by molar-refractivity contribution is -0.145. The van der Waals surface area contributed by atoms with Crippen molar-refractivity contribution in [3.63, 3.8) is 0 Å². The normalized spacial score (nSPS) is 11.8. The summed E-state index contributed by atoms with van der Waals surface area (Å²) in [5, 5.41) is 2.74. The summed E-state index contributed by atoms with van der Waals surface area (Å²) in [6, 6.07) is 6.99. The Morgan fingerprint density at radius 3 is 1.73 bits per heavy atom. The minimum Gasteiger partial charge on any atom is -0.464 e. The van der Waals surface area contributed by atoms with E-state index in [4.69, 9.17) is 4.74 Å². The van der Waals surface area contributed by atoms with Crippen LogP contribution in [0.1, 0.15) is 133 Å². The summed E-state index contributed by atoms with van der Waals surface area (Å²) in [7, 11) is 0. The Bertz CT molecular complexity index is 626. The average molecular weight is 460 g/mol. The maximum Gasteiger partial charge on any atom is 0.328 e. The first-order valence-corrected chi connectivity index (χ1v) is 13.6. The SMILES string of the molecule is CCCCCCCCCCCCCCCOC(=O)[C@H](C)NC(=O)c1ccc(CCCC)cc1. The maximum atomic E-state index is 12.4. The van der Waals surface area contributed by atoms with Gasteiger partial charge >= 0.3 is 5.97 Å². The fraction of sp³-hybridized carbons (Fsp3) is 0.724. The topological polar surface area (TPSA) is 55.4 Å².